The van der Waals surface area contributed by atoms with Gasteiger partial charge in [-0.15, -0.1) is 0 Å². The topological polar surface area (TPSA) is 76.7 Å². The minimum Gasteiger partial charge on any atom is -0.326 e. The van der Waals surface area contributed by atoms with Crippen LogP contribution < -0.4 is 5.32 Å². The van der Waals surface area contributed by atoms with Crippen molar-refractivity contribution in [2.75, 3.05) is 5.32 Å². The molecule has 1 N–H and O–H groups in total. The lowest BCUT2D eigenvalue weighted by molar-refractivity contribution is -0.116. The zero-order chi connectivity index (χ0) is 14.1. The number of nitriles is 2. The predicted molar refractivity (Wildman–Crippen MR) is 73.0 cm³/mol. The van der Waals surface area contributed by atoms with Gasteiger partial charge in [0.2, 0.25) is 5.91 Å². The fraction of sp³-hybridized carbons (Fsp3) is 0.400. The predicted octanol–water partition coefficient (Wildman–Crippen LogP) is 3.22. The highest BCUT2D eigenvalue weighted by molar-refractivity contribution is 5.90. The third-order valence-electron chi connectivity index (χ3n) is 2.84. The smallest absolute Gasteiger partial charge is 0.224 e. The third-order valence-corrected chi connectivity index (χ3v) is 2.84. The number of amides is 1. The summed E-state index contributed by atoms with van der Waals surface area (Å²) in [7, 11) is 0. The molecule has 1 amide bonds. The van der Waals surface area contributed by atoms with Crippen molar-refractivity contribution >= 4 is 11.6 Å². The van der Waals surface area contributed by atoms with E-state index in [1.165, 1.54) is 0 Å². The van der Waals surface area contributed by atoms with Gasteiger partial charge in [0.25, 0.3) is 0 Å². The van der Waals surface area contributed by atoms with Crippen LogP contribution in [0.3, 0.4) is 0 Å². The summed E-state index contributed by atoms with van der Waals surface area (Å²) in [5.41, 5.74) is 1.23. The highest BCUT2D eigenvalue weighted by atomic mass is 16.1. The van der Waals surface area contributed by atoms with E-state index in [1.54, 1.807) is 24.3 Å². The maximum Gasteiger partial charge on any atom is 0.224 e. The fourth-order valence-corrected chi connectivity index (χ4v) is 1.78. The molecule has 4 heteroatoms. The molecule has 1 unspecified atom stereocenters. The molecular formula is C15H17N3O. The quantitative estimate of drug-likeness (QED) is 0.847. The van der Waals surface area contributed by atoms with Gasteiger partial charge in [0.15, 0.2) is 0 Å². The molecule has 0 saturated heterocycles. The first-order valence-electron chi connectivity index (χ1n) is 6.39. The lowest BCUT2D eigenvalue weighted by Crippen LogP contribution is -2.13. The van der Waals surface area contributed by atoms with Crippen molar-refractivity contribution in [2.45, 2.75) is 32.6 Å². The van der Waals surface area contributed by atoms with Crippen molar-refractivity contribution in [3.8, 4) is 12.1 Å². The number of hydrogen-bond donors (Lipinski definition) is 1. The summed E-state index contributed by atoms with van der Waals surface area (Å²) in [6, 6.07) is 11.0. The molecule has 0 aliphatic heterocycles. The normalized spacial score (nSPS) is 11.1. The second-order valence-electron chi connectivity index (χ2n) is 4.39. The van der Waals surface area contributed by atoms with Crippen molar-refractivity contribution < 1.29 is 4.79 Å². The Morgan fingerprint density at radius 2 is 1.95 bits per heavy atom. The lowest BCUT2D eigenvalue weighted by atomic mass is 9.99. The number of nitrogens with one attached hydrogen (secondary N) is 1. The van der Waals surface area contributed by atoms with Gasteiger partial charge in [-0.2, -0.15) is 10.5 Å². The van der Waals surface area contributed by atoms with Crippen LogP contribution in [-0.2, 0) is 4.79 Å². The monoisotopic (exact) mass is 255 g/mol. The molecule has 0 radical (unpaired) electrons. The molecule has 1 aromatic rings. The molecule has 4 nitrogen and oxygen atoms in total. The first-order valence-corrected chi connectivity index (χ1v) is 6.39. The summed E-state index contributed by atoms with van der Waals surface area (Å²) in [5, 5.41) is 20.3. The van der Waals surface area contributed by atoms with Gasteiger partial charge in [0, 0.05) is 18.0 Å². The fourth-order valence-electron chi connectivity index (χ4n) is 1.78. The molecule has 0 aromatic heterocycles. The second-order valence-corrected chi connectivity index (χ2v) is 4.39. The molecule has 1 aromatic carbocycles. The molecule has 19 heavy (non-hydrogen) atoms. The van der Waals surface area contributed by atoms with Crippen molar-refractivity contribution in [3.63, 3.8) is 0 Å². The van der Waals surface area contributed by atoms with Crippen LogP contribution in [0.4, 0.5) is 5.69 Å². The average molecular weight is 255 g/mol. The SMILES string of the molecule is CCCC(C#N)CCC(=O)Nc1ccc(C#N)cc1. The van der Waals surface area contributed by atoms with Crippen molar-refractivity contribution in [2.24, 2.45) is 5.92 Å². The van der Waals surface area contributed by atoms with Gasteiger partial charge in [-0.05, 0) is 37.1 Å². The maximum atomic E-state index is 11.7. The van der Waals surface area contributed by atoms with E-state index in [0.717, 1.165) is 12.8 Å². The van der Waals surface area contributed by atoms with Gasteiger partial charge < -0.3 is 5.32 Å². The Bertz CT molecular complexity index is 494. The molecule has 0 fully saturated rings. The molecule has 98 valence electrons. The van der Waals surface area contributed by atoms with Gasteiger partial charge in [-0.3, -0.25) is 4.79 Å². The van der Waals surface area contributed by atoms with Crippen molar-refractivity contribution in [1.29, 1.82) is 10.5 Å². The van der Waals surface area contributed by atoms with Gasteiger partial charge in [0.05, 0.1) is 17.7 Å². The molecule has 1 rings (SSSR count). The van der Waals surface area contributed by atoms with Crippen LogP contribution in [0.2, 0.25) is 0 Å². The van der Waals surface area contributed by atoms with Crippen LogP contribution in [-0.4, -0.2) is 5.91 Å². The van der Waals surface area contributed by atoms with Crippen LogP contribution in [0, 0.1) is 28.6 Å². The zero-order valence-electron chi connectivity index (χ0n) is 11.0. The molecule has 0 aliphatic carbocycles. The average Bonchev–Trinajstić information content (AvgIpc) is 2.44. The highest BCUT2D eigenvalue weighted by Gasteiger charge is 2.09. The number of carbonyl (C=O) groups excluding carboxylic acids is 1. The van der Waals surface area contributed by atoms with E-state index in [4.69, 9.17) is 10.5 Å². The molecule has 0 aliphatic rings. The van der Waals surface area contributed by atoms with Crippen LogP contribution in [0.25, 0.3) is 0 Å². The van der Waals surface area contributed by atoms with Crippen LogP contribution in [0.15, 0.2) is 24.3 Å². The Morgan fingerprint density at radius 1 is 1.26 bits per heavy atom. The Balaban J connectivity index is 2.42. The molecule has 1 atom stereocenters. The zero-order valence-corrected chi connectivity index (χ0v) is 11.0. The highest BCUT2D eigenvalue weighted by Crippen LogP contribution is 2.14. The lowest BCUT2D eigenvalue weighted by Gasteiger charge is -2.08. The number of benzene rings is 1. The second kappa shape index (κ2) is 7.89. The molecule has 0 saturated carbocycles. The van der Waals surface area contributed by atoms with Gasteiger partial charge in [-0.25, -0.2) is 0 Å². The first-order chi connectivity index (χ1) is 9.19. The van der Waals surface area contributed by atoms with Crippen molar-refractivity contribution in [1.82, 2.24) is 0 Å². The third kappa shape index (κ3) is 5.23. The van der Waals surface area contributed by atoms with E-state index < -0.39 is 0 Å². The van der Waals surface area contributed by atoms with E-state index in [2.05, 4.69) is 11.4 Å². The Morgan fingerprint density at radius 3 is 2.47 bits per heavy atom. The first kappa shape index (κ1) is 14.7. The van der Waals surface area contributed by atoms with Gasteiger partial charge in [0.1, 0.15) is 0 Å². The van der Waals surface area contributed by atoms with Crippen LogP contribution >= 0.6 is 0 Å². The summed E-state index contributed by atoms with van der Waals surface area (Å²) in [5.74, 6) is -0.141. The minimum atomic E-state index is -0.0962. The van der Waals surface area contributed by atoms with E-state index in [0.29, 0.717) is 24.1 Å². The number of carbonyl (C=O) groups is 1. The largest absolute Gasteiger partial charge is 0.326 e. The molecule has 0 heterocycles. The standard InChI is InChI=1S/C15H17N3O/c1-2-3-12(10-16)6-9-15(19)18-14-7-4-13(11-17)5-8-14/h4-5,7-8,12H,2-3,6,9H2,1H3,(H,18,19). The molecular weight excluding hydrogens is 238 g/mol. The Hall–Kier alpha value is -2.33. The summed E-state index contributed by atoms with van der Waals surface area (Å²) in [6.07, 6.45) is 2.72. The van der Waals surface area contributed by atoms with Gasteiger partial charge in [-0.1, -0.05) is 13.3 Å². The number of rotatable bonds is 6. The summed E-state index contributed by atoms with van der Waals surface area (Å²) in [4.78, 5) is 11.7. The Kier molecular flexibility index (Phi) is 6.12. The number of nitrogens with zero attached hydrogens (tertiary/aromatic N) is 2. The summed E-state index contributed by atoms with van der Waals surface area (Å²) < 4.78 is 0. The molecule has 0 spiro atoms. The number of hydrogen-bond acceptors (Lipinski definition) is 3. The summed E-state index contributed by atoms with van der Waals surface area (Å²) in [6.45, 7) is 2.03. The summed E-state index contributed by atoms with van der Waals surface area (Å²) >= 11 is 0. The van der Waals surface area contributed by atoms with Crippen molar-refractivity contribution in [3.05, 3.63) is 29.8 Å². The van der Waals surface area contributed by atoms with E-state index >= 15 is 0 Å². The van der Waals surface area contributed by atoms with E-state index in [-0.39, 0.29) is 11.8 Å². The maximum absolute atomic E-state index is 11.7. The van der Waals surface area contributed by atoms with Gasteiger partial charge >= 0.3 is 0 Å². The Labute approximate surface area is 113 Å². The van der Waals surface area contributed by atoms with E-state index in [9.17, 15) is 4.79 Å². The van der Waals surface area contributed by atoms with Crippen LogP contribution in [0.5, 0.6) is 0 Å². The minimum absolute atomic E-state index is 0.0447. The van der Waals surface area contributed by atoms with E-state index in [1.807, 2.05) is 13.0 Å². The van der Waals surface area contributed by atoms with Crippen LogP contribution in [0.1, 0.15) is 38.2 Å². The molecule has 0 bridgehead atoms. The number of anilines is 1.